The molecule has 0 atom stereocenters. The van der Waals surface area contributed by atoms with E-state index in [0.717, 1.165) is 40.9 Å². The number of hydrogen-bond donors (Lipinski definition) is 0. The van der Waals surface area contributed by atoms with Gasteiger partial charge in [-0.25, -0.2) is 4.98 Å². The van der Waals surface area contributed by atoms with E-state index in [-0.39, 0.29) is 11.6 Å². The van der Waals surface area contributed by atoms with Crippen LogP contribution < -0.4 is 0 Å². The Bertz CT molecular complexity index is 3950. The molecule has 0 N–H and O–H groups in total. The van der Waals surface area contributed by atoms with Crippen molar-refractivity contribution in [3.8, 4) is 71.7 Å². The van der Waals surface area contributed by atoms with Crippen LogP contribution in [0.5, 0.6) is 0 Å². The van der Waals surface area contributed by atoms with Gasteiger partial charge in [0.1, 0.15) is 26.7 Å². The molecule has 0 amide bonds. The Hall–Kier alpha value is -3.88. The van der Waals surface area contributed by atoms with Gasteiger partial charge in [-0.05, 0) is 115 Å². The van der Waals surface area contributed by atoms with Crippen LogP contribution in [0.2, 0.25) is 33.2 Å². The average molecular weight is 1200 g/mol. The number of benzene rings is 1. The molecule has 10 aromatic rings. The zero-order valence-electron chi connectivity index (χ0n) is 45.7. The van der Waals surface area contributed by atoms with Crippen molar-refractivity contribution in [3.05, 3.63) is 108 Å². The minimum absolute atomic E-state index is 0.0702. The number of nitrogens with zero attached hydrogens (tertiary/aromatic N) is 1. The Morgan fingerprint density at radius 2 is 0.842 bits per heavy atom. The first-order chi connectivity index (χ1) is 36.1. The molecular formula is C62H61NO2S9Si2. The molecule has 1 aliphatic carbocycles. The minimum atomic E-state index is -2.12. The standard InChI is InChI=1S/C62H61NO2S9Si2/c1-30(2)75(31(3)4,32(5)6)26-24-39-41-28-50(47-20-18-44(69-47)43-17-16-36(13)66-43)72-57(41)40(25-27-76(33(7)8,34(9)10)35(11)12)42-29-51(73-58(39)42)48-21-19-45(70-48)46-22-23-49(71-46)59-61-52(37(14)67-59)53-55(64)54-62(68-38(15)63-54)56(65)60(53)74-61/h16-23,28-35H,1-15H3. The summed E-state index contributed by atoms with van der Waals surface area (Å²) in [4.78, 5) is 48.0. The van der Waals surface area contributed by atoms with E-state index in [1.807, 2.05) is 63.6 Å². The predicted molar refractivity (Wildman–Crippen MR) is 348 cm³/mol. The summed E-state index contributed by atoms with van der Waals surface area (Å²) in [6.07, 6.45) is 0. The highest BCUT2D eigenvalue weighted by atomic mass is 32.1. The maximum absolute atomic E-state index is 13.9. The van der Waals surface area contributed by atoms with Crippen molar-refractivity contribution in [2.24, 2.45) is 0 Å². The topological polar surface area (TPSA) is 47.0 Å². The van der Waals surface area contributed by atoms with Gasteiger partial charge in [0, 0.05) is 69.8 Å². The number of fused-ring (bicyclic) bond motifs is 6. The van der Waals surface area contributed by atoms with Gasteiger partial charge >= 0.3 is 0 Å². The fraction of sp³-hybridized carbons (Fsp3) is 0.339. The molecule has 0 aliphatic heterocycles. The molecule has 0 radical (unpaired) electrons. The Balaban J connectivity index is 1.07. The summed E-state index contributed by atoms with van der Waals surface area (Å²) in [5.74, 6) is 7.97. The lowest BCUT2D eigenvalue weighted by Gasteiger charge is -2.38. The molecule has 3 nitrogen and oxygen atoms in total. The van der Waals surface area contributed by atoms with E-state index in [1.165, 1.54) is 86.7 Å². The number of aromatic nitrogens is 1. The van der Waals surface area contributed by atoms with Gasteiger partial charge in [0.25, 0.3) is 0 Å². The SMILES string of the molecule is Cc1ccc(-c2ccc(-c3cc4c(C#C[Si](C(C)C)(C(C)C)C(C)C)c5sc(-c6ccc(-c7ccc(-c8sc(C)c9c%10c(sc89)C(=O)c8sc(C)nc8C%10=O)s7)s6)cc5c(C#C[Si](C(C)C)(C(C)C)C(C)C)c4s3)s2)s1. The van der Waals surface area contributed by atoms with Crippen LogP contribution in [-0.2, 0) is 0 Å². The average Bonchev–Trinajstić information content (AvgIpc) is 4.21. The number of carbonyl (C=O) groups is 2. The lowest BCUT2D eigenvalue weighted by molar-refractivity contribution is 0.0983. The van der Waals surface area contributed by atoms with Crippen LogP contribution in [0.1, 0.15) is 140 Å². The molecule has 9 heterocycles. The normalized spacial score (nSPS) is 13.2. The van der Waals surface area contributed by atoms with Crippen molar-refractivity contribution in [1.29, 1.82) is 0 Å². The van der Waals surface area contributed by atoms with Gasteiger partial charge in [0.05, 0.1) is 45.6 Å². The van der Waals surface area contributed by atoms with Crippen molar-refractivity contribution in [1.82, 2.24) is 4.98 Å². The van der Waals surface area contributed by atoms with Crippen LogP contribution in [-0.4, -0.2) is 32.7 Å². The fourth-order valence-corrected chi connectivity index (χ4v) is 33.2. The van der Waals surface area contributed by atoms with Crippen LogP contribution in [0.25, 0.3) is 79.0 Å². The molecule has 0 fully saturated rings. The van der Waals surface area contributed by atoms with Crippen molar-refractivity contribution < 1.29 is 9.59 Å². The molecule has 11 rings (SSSR count). The maximum atomic E-state index is 13.9. The van der Waals surface area contributed by atoms with E-state index in [1.54, 1.807) is 22.7 Å². The van der Waals surface area contributed by atoms with Gasteiger partial charge < -0.3 is 0 Å². The molecule has 1 aliphatic rings. The second-order valence-electron chi connectivity index (χ2n) is 22.2. The van der Waals surface area contributed by atoms with Crippen LogP contribution in [0.3, 0.4) is 0 Å². The summed E-state index contributed by atoms with van der Waals surface area (Å²) in [6.45, 7) is 35.1. The lowest BCUT2D eigenvalue weighted by atomic mass is 9.96. The molecule has 9 aromatic heterocycles. The zero-order chi connectivity index (χ0) is 54.0. The number of ketones is 2. The van der Waals surface area contributed by atoms with Crippen molar-refractivity contribution in [2.45, 2.75) is 137 Å². The molecule has 0 saturated carbocycles. The number of rotatable bonds is 11. The van der Waals surface area contributed by atoms with E-state index >= 15 is 0 Å². The monoisotopic (exact) mass is 1200 g/mol. The van der Waals surface area contributed by atoms with Gasteiger partial charge in [0.15, 0.2) is 0 Å². The summed E-state index contributed by atoms with van der Waals surface area (Å²) in [7, 11) is -4.23. The Morgan fingerprint density at radius 3 is 1.29 bits per heavy atom. The number of hydrogen-bond acceptors (Lipinski definition) is 12. The number of aryl methyl sites for hydroxylation is 3. The summed E-state index contributed by atoms with van der Waals surface area (Å²) in [5, 5.41) is 4.12. The molecule has 0 unspecified atom stereocenters. The minimum Gasteiger partial charge on any atom is -0.287 e. The van der Waals surface area contributed by atoms with Gasteiger partial charge in [0.2, 0.25) is 11.6 Å². The van der Waals surface area contributed by atoms with Gasteiger partial charge in [-0.1, -0.05) is 94.9 Å². The number of thiophene rings is 8. The quantitative estimate of drug-likeness (QED) is 0.0958. The summed E-state index contributed by atoms with van der Waals surface area (Å²) in [5.41, 5.74) is 14.7. The number of carbonyl (C=O) groups excluding carboxylic acids is 2. The predicted octanol–water partition coefficient (Wildman–Crippen LogP) is 22.3. The van der Waals surface area contributed by atoms with Gasteiger partial charge in [-0.2, -0.15) is 0 Å². The molecule has 0 bridgehead atoms. The first kappa shape index (κ1) is 54.1. The van der Waals surface area contributed by atoms with Crippen LogP contribution in [0, 0.1) is 43.7 Å². The smallest absolute Gasteiger partial charge is 0.216 e. The highest BCUT2D eigenvalue weighted by Crippen LogP contribution is 2.54. The second kappa shape index (κ2) is 20.3. The van der Waals surface area contributed by atoms with Gasteiger partial charge in [-0.3, -0.25) is 9.59 Å². The highest BCUT2D eigenvalue weighted by Gasteiger charge is 2.43. The fourth-order valence-electron chi connectivity index (χ4n) is 12.5. The third kappa shape index (κ3) is 8.71. The third-order valence-electron chi connectivity index (χ3n) is 16.1. The Morgan fingerprint density at radius 1 is 0.421 bits per heavy atom. The molecular weight excluding hydrogens is 1140 g/mol. The summed E-state index contributed by atoms with van der Waals surface area (Å²) >= 11 is 15.7. The van der Waals surface area contributed by atoms with Gasteiger partial charge in [-0.15, -0.1) is 113 Å². The maximum Gasteiger partial charge on any atom is 0.216 e. The molecule has 76 heavy (non-hydrogen) atoms. The van der Waals surface area contributed by atoms with E-state index in [4.69, 9.17) is 0 Å². The molecule has 14 heteroatoms. The van der Waals surface area contributed by atoms with E-state index < -0.39 is 16.1 Å². The summed E-state index contributed by atoms with van der Waals surface area (Å²) < 4.78 is 3.53. The van der Waals surface area contributed by atoms with E-state index in [0.29, 0.717) is 54.3 Å². The van der Waals surface area contributed by atoms with Crippen LogP contribution >= 0.6 is 102 Å². The lowest BCUT2D eigenvalue weighted by Crippen LogP contribution is -2.43. The zero-order valence-corrected chi connectivity index (χ0v) is 55.0. The van der Waals surface area contributed by atoms with E-state index in [2.05, 4.69) is 186 Å². The van der Waals surface area contributed by atoms with Crippen molar-refractivity contribution in [3.63, 3.8) is 0 Å². The Kier molecular flexibility index (Phi) is 14.5. The number of thiazole rings is 1. The Labute approximate surface area is 486 Å². The van der Waals surface area contributed by atoms with E-state index in [9.17, 15) is 9.59 Å². The molecule has 0 saturated heterocycles. The summed E-state index contributed by atoms with van der Waals surface area (Å²) in [6, 6.07) is 23.1. The van der Waals surface area contributed by atoms with Crippen molar-refractivity contribution in [2.75, 3.05) is 0 Å². The molecule has 1 aromatic carbocycles. The molecule has 388 valence electrons. The second-order valence-corrected chi connectivity index (χ2v) is 43.5. The highest BCUT2D eigenvalue weighted by molar-refractivity contribution is 7.33. The first-order valence-electron chi connectivity index (χ1n) is 26.2. The first-order valence-corrected chi connectivity index (χ1v) is 38.0. The van der Waals surface area contributed by atoms with Crippen molar-refractivity contribution >= 4 is 160 Å². The van der Waals surface area contributed by atoms with Crippen LogP contribution in [0.15, 0.2) is 60.7 Å². The molecule has 0 spiro atoms. The third-order valence-corrected chi connectivity index (χ3v) is 39.6. The largest absolute Gasteiger partial charge is 0.287 e. The van der Waals surface area contributed by atoms with Crippen LogP contribution in [0.4, 0.5) is 0 Å².